The van der Waals surface area contributed by atoms with Crippen LogP contribution >= 0.6 is 11.3 Å². The van der Waals surface area contributed by atoms with Gasteiger partial charge in [-0.25, -0.2) is 4.98 Å². The third-order valence-electron chi connectivity index (χ3n) is 3.08. The summed E-state index contributed by atoms with van der Waals surface area (Å²) in [4.78, 5) is 4.67. The summed E-state index contributed by atoms with van der Waals surface area (Å²) in [5.74, 6) is 0.749. The Morgan fingerprint density at radius 3 is 2.65 bits per heavy atom. The van der Waals surface area contributed by atoms with Crippen LogP contribution in [0.15, 0.2) is 5.38 Å². The summed E-state index contributed by atoms with van der Waals surface area (Å²) in [6.45, 7) is 12.2. The van der Waals surface area contributed by atoms with Crippen LogP contribution in [-0.2, 0) is 5.54 Å². The molecule has 0 spiro atoms. The number of rotatable bonds is 7. The number of nitrogens with one attached hydrogen (secondary N) is 1. The molecule has 1 atom stereocenters. The van der Waals surface area contributed by atoms with Crippen molar-refractivity contribution in [1.82, 2.24) is 10.3 Å². The second-order valence-electron chi connectivity index (χ2n) is 5.49. The van der Waals surface area contributed by atoms with Crippen LogP contribution < -0.4 is 5.32 Å². The Labute approximate surface area is 110 Å². The molecule has 0 aliphatic rings. The first-order valence-electron chi connectivity index (χ1n) is 6.65. The first-order valence-corrected chi connectivity index (χ1v) is 7.53. The van der Waals surface area contributed by atoms with E-state index in [9.17, 15) is 0 Å². The molecule has 0 aliphatic heterocycles. The van der Waals surface area contributed by atoms with E-state index < -0.39 is 0 Å². The zero-order chi connectivity index (χ0) is 12.9. The third kappa shape index (κ3) is 4.40. The molecule has 0 aromatic carbocycles. The molecule has 0 radical (unpaired) electrons. The summed E-state index contributed by atoms with van der Waals surface area (Å²) in [7, 11) is 0. The predicted octanol–water partition coefficient (Wildman–Crippen LogP) is 4.10. The number of nitrogens with zero attached hydrogens (tertiary/aromatic N) is 1. The Bertz CT molecular complexity index is 333. The highest BCUT2D eigenvalue weighted by molar-refractivity contribution is 7.09. The molecule has 1 heterocycles. The Balaban J connectivity index is 2.77. The monoisotopic (exact) mass is 254 g/mol. The Morgan fingerprint density at radius 2 is 2.18 bits per heavy atom. The summed E-state index contributed by atoms with van der Waals surface area (Å²) in [5, 5.41) is 7.07. The lowest BCUT2D eigenvalue weighted by Gasteiger charge is -2.29. The number of thiazole rings is 1. The van der Waals surface area contributed by atoms with Crippen LogP contribution in [0.1, 0.15) is 57.7 Å². The van der Waals surface area contributed by atoms with Crippen molar-refractivity contribution in [3.63, 3.8) is 0 Å². The highest BCUT2D eigenvalue weighted by Crippen LogP contribution is 2.30. The molecule has 1 N–H and O–H groups in total. The van der Waals surface area contributed by atoms with Gasteiger partial charge < -0.3 is 5.32 Å². The molecule has 1 rings (SSSR count). The Morgan fingerprint density at radius 1 is 1.47 bits per heavy atom. The smallest absolute Gasteiger partial charge is 0.113 e. The molecule has 2 nitrogen and oxygen atoms in total. The summed E-state index contributed by atoms with van der Waals surface area (Å²) < 4.78 is 0. The lowest BCUT2D eigenvalue weighted by molar-refractivity contribution is 0.311. The molecule has 0 bridgehead atoms. The molecule has 0 saturated carbocycles. The number of aryl methyl sites for hydroxylation is 1. The predicted molar refractivity (Wildman–Crippen MR) is 76.6 cm³/mol. The van der Waals surface area contributed by atoms with Crippen LogP contribution in [0.25, 0.3) is 0 Å². The minimum Gasteiger partial charge on any atom is -0.306 e. The maximum absolute atomic E-state index is 4.67. The van der Waals surface area contributed by atoms with Gasteiger partial charge >= 0.3 is 0 Å². The maximum Gasteiger partial charge on any atom is 0.113 e. The number of aromatic nitrogens is 1. The first-order chi connectivity index (χ1) is 7.98. The molecule has 0 aliphatic carbocycles. The summed E-state index contributed by atoms with van der Waals surface area (Å²) in [5.41, 5.74) is 1.19. The molecule has 1 aromatic heterocycles. The molecular weight excluding hydrogens is 228 g/mol. The molecular formula is C14H26N2S. The van der Waals surface area contributed by atoms with Gasteiger partial charge in [-0.3, -0.25) is 0 Å². The third-order valence-corrected chi connectivity index (χ3v) is 4.30. The van der Waals surface area contributed by atoms with E-state index in [0.29, 0.717) is 0 Å². The van der Waals surface area contributed by atoms with Gasteiger partial charge in [-0.05, 0) is 45.6 Å². The normalized spacial score (nSPS) is 15.2. The molecule has 1 aromatic rings. The van der Waals surface area contributed by atoms with Gasteiger partial charge in [0, 0.05) is 11.1 Å². The first kappa shape index (κ1) is 14.7. The molecule has 0 amide bonds. The summed E-state index contributed by atoms with van der Waals surface area (Å²) in [6.07, 6.45) is 3.57. The Kier molecular flexibility index (Phi) is 5.60. The minimum absolute atomic E-state index is 0.0548. The van der Waals surface area contributed by atoms with Gasteiger partial charge in [0.15, 0.2) is 0 Å². The van der Waals surface area contributed by atoms with Gasteiger partial charge in [0.05, 0.1) is 5.54 Å². The second kappa shape index (κ2) is 6.50. The van der Waals surface area contributed by atoms with E-state index in [1.54, 1.807) is 11.3 Å². The summed E-state index contributed by atoms with van der Waals surface area (Å²) in [6, 6.07) is 0. The van der Waals surface area contributed by atoms with Crippen molar-refractivity contribution in [2.45, 2.75) is 59.4 Å². The number of hydrogen-bond donors (Lipinski definition) is 1. The fourth-order valence-corrected chi connectivity index (χ4v) is 2.82. The van der Waals surface area contributed by atoms with E-state index in [0.717, 1.165) is 24.6 Å². The fraction of sp³-hybridized carbons (Fsp3) is 0.786. The largest absolute Gasteiger partial charge is 0.306 e. The molecule has 0 saturated heterocycles. The number of hydrogen-bond acceptors (Lipinski definition) is 3. The molecule has 98 valence electrons. The van der Waals surface area contributed by atoms with Gasteiger partial charge in [0.2, 0.25) is 0 Å². The van der Waals surface area contributed by atoms with E-state index in [1.165, 1.54) is 17.8 Å². The lowest BCUT2D eigenvalue weighted by atomic mass is 9.92. The fourth-order valence-electron chi connectivity index (χ4n) is 1.86. The van der Waals surface area contributed by atoms with Crippen molar-refractivity contribution < 1.29 is 0 Å². The zero-order valence-corrected chi connectivity index (χ0v) is 12.7. The SMILES string of the molecule is CCCNC(C)(CCC(C)C)c1nc(C)cs1. The van der Waals surface area contributed by atoms with Crippen LogP contribution in [0.4, 0.5) is 0 Å². The molecule has 3 heteroatoms. The van der Waals surface area contributed by atoms with Gasteiger partial charge in [0.1, 0.15) is 5.01 Å². The van der Waals surface area contributed by atoms with Gasteiger partial charge in [-0.1, -0.05) is 20.8 Å². The van der Waals surface area contributed by atoms with E-state index in [2.05, 4.69) is 50.3 Å². The zero-order valence-electron chi connectivity index (χ0n) is 11.8. The Hall–Kier alpha value is -0.410. The maximum atomic E-state index is 4.67. The van der Waals surface area contributed by atoms with Crippen LogP contribution in [0.3, 0.4) is 0 Å². The second-order valence-corrected chi connectivity index (χ2v) is 6.34. The van der Waals surface area contributed by atoms with E-state index in [-0.39, 0.29) is 5.54 Å². The molecule has 1 unspecified atom stereocenters. The van der Waals surface area contributed by atoms with E-state index in [1.807, 2.05) is 0 Å². The molecule has 0 fully saturated rings. The van der Waals surface area contributed by atoms with Crippen LogP contribution in [0.2, 0.25) is 0 Å². The van der Waals surface area contributed by atoms with E-state index in [4.69, 9.17) is 0 Å². The van der Waals surface area contributed by atoms with Crippen molar-refractivity contribution in [2.75, 3.05) is 6.54 Å². The topological polar surface area (TPSA) is 24.9 Å². The molecule has 17 heavy (non-hydrogen) atoms. The average Bonchev–Trinajstić information content (AvgIpc) is 2.71. The standard InChI is InChI=1S/C14H26N2S/c1-6-9-15-14(5,8-7-11(2)3)13-16-12(4)10-17-13/h10-11,15H,6-9H2,1-5H3. The lowest BCUT2D eigenvalue weighted by Crippen LogP contribution is -2.40. The summed E-state index contributed by atoms with van der Waals surface area (Å²) >= 11 is 1.78. The highest BCUT2D eigenvalue weighted by Gasteiger charge is 2.28. The average molecular weight is 254 g/mol. The van der Waals surface area contributed by atoms with Crippen molar-refractivity contribution in [1.29, 1.82) is 0 Å². The van der Waals surface area contributed by atoms with Crippen LogP contribution in [0, 0.1) is 12.8 Å². The minimum atomic E-state index is 0.0548. The highest BCUT2D eigenvalue weighted by atomic mass is 32.1. The van der Waals surface area contributed by atoms with Gasteiger partial charge in [0.25, 0.3) is 0 Å². The quantitative estimate of drug-likeness (QED) is 0.792. The van der Waals surface area contributed by atoms with Gasteiger partial charge in [-0.2, -0.15) is 0 Å². The van der Waals surface area contributed by atoms with Crippen molar-refractivity contribution in [2.24, 2.45) is 5.92 Å². The van der Waals surface area contributed by atoms with Crippen LogP contribution in [0.5, 0.6) is 0 Å². The van der Waals surface area contributed by atoms with E-state index >= 15 is 0 Å². The van der Waals surface area contributed by atoms with Crippen molar-refractivity contribution >= 4 is 11.3 Å². The van der Waals surface area contributed by atoms with Gasteiger partial charge in [-0.15, -0.1) is 11.3 Å². The van der Waals surface area contributed by atoms with Crippen molar-refractivity contribution in [3.8, 4) is 0 Å². The van der Waals surface area contributed by atoms with Crippen molar-refractivity contribution in [3.05, 3.63) is 16.1 Å². The van der Waals surface area contributed by atoms with Crippen LogP contribution in [-0.4, -0.2) is 11.5 Å².